The molecule has 0 spiro atoms. The molecule has 1 unspecified atom stereocenters. The van der Waals surface area contributed by atoms with Crippen LogP contribution in [0.4, 0.5) is 0 Å². The van der Waals surface area contributed by atoms with Crippen LogP contribution in [0.1, 0.15) is 6.42 Å². The van der Waals surface area contributed by atoms with E-state index in [-0.39, 0.29) is 36.7 Å². The van der Waals surface area contributed by atoms with Crippen molar-refractivity contribution < 1.29 is 9.59 Å². The van der Waals surface area contributed by atoms with Crippen LogP contribution >= 0.6 is 12.4 Å². The van der Waals surface area contributed by atoms with E-state index in [2.05, 4.69) is 16.0 Å². The van der Waals surface area contributed by atoms with E-state index in [1.54, 1.807) is 7.05 Å². The van der Waals surface area contributed by atoms with Gasteiger partial charge in [0.05, 0.1) is 12.5 Å². The predicted octanol–water partition coefficient (Wildman–Crippen LogP) is -1.37. The second-order valence-corrected chi connectivity index (χ2v) is 2.68. The first kappa shape index (κ1) is 12.2. The fourth-order valence-corrected chi connectivity index (χ4v) is 1.10. The van der Waals surface area contributed by atoms with Crippen molar-refractivity contribution in [3.8, 4) is 0 Å². The number of carbonyl (C=O) groups excluding carboxylic acids is 2. The molecule has 0 aromatic rings. The molecular weight excluding hydrogens is 194 g/mol. The molecule has 3 N–H and O–H groups in total. The fraction of sp³-hybridized carbons (Fsp3) is 0.714. The summed E-state index contributed by atoms with van der Waals surface area (Å²) >= 11 is 0. The lowest BCUT2D eigenvalue weighted by Gasteiger charge is -2.22. The molecule has 6 heteroatoms. The minimum atomic E-state index is -0.362. The minimum Gasteiger partial charge on any atom is -0.359 e. The van der Waals surface area contributed by atoms with Crippen LogP contribution in [0.2, 0.25) is 0 Å². The normalized spacial score (nSPS) is 21.3. The zero-order chi connectivity index (χ0) is 8.97. The van der Waals surface area contributed by atoms with Gasteiger partial charge in [-0.05, 0) is 0 Å². The first-order valence-electron chi connectivity index (χ1n) is 3.95. The van der Waals surface area contributed by atoms with Gasteiger partial charge in [-0.1, -0.05) is 0 Å². The van der Waals surface area contributed by atoms with E-state index in [1.807, 2.05) is 0 Å². The van der Waals surface area contributed by atoms with Gasteiger partial charge in [-0.25, -0.2) is 0 Å². The zero-order valence-electron chi connectivity index (χ0n) is 7.42. The molecule has 0 radical (unpaired) electrons. The van der Waals surface area contributed by atoms with Gasteiger partial charge in [0.1, 0.15) is 0 Å². The summed E-state index contributed by atoms with van der Waals surface area (Å²) in [6.07, 6.45) is 0.211. The van der Waals surface area contributed by atoms with Crippen LogP contribution in [-0.2, 0) is 9.59 Å². The third kappa shape index (κ3) is 3.61. The SMILES string of the molecule is CNC(=O)CC1NCCNC1=O.Cl. The van der Waals surface area contributed by atoms with Crippen molar-refractivity contribution in [3.63, 3.8) is 0 Å². The Morgan fingerprint density at radius 3 is 2.85 bits per heavy atom. The molecule has 76 valence electrons. The summed E-state index contributed by atoms with van der Waals surface area (Å²) in [6, 6.07) is -0.362. The Morgan fingerprint density at radius 2 is 2.31 bits per heavy atom. The summed E-state index contributed by atoms with van der Waals surface area (Å²) in [5, 5.41) is 8.12. The molecular formula is C7H14ClN3O2. The number of rotatable bonds is 2. The maximum atomic E-state index is 11.1. The molecule has 13 heavy (non-hydrogen) atoms. The van der Waals surface area contributed by atoms with E-state index in [4.69, 9.17) is 0 Å². The van der Waals surface area contributed by atoms with Crippen molar-refractivity contribution in [2.24, 2.45) is 0 Å². The van der Waals surface area contributed by atoms with E-state index in [1.165, 1.54) is 0 Å². The minimum absolute atomic E-state index is 0. The lowest BCUT2D eigenvalue weighted by Crippen LogP contribution is -2.54. The molecule has 1 atom stereocenters. The van der Waals surface area contributed by atoms with Crippen LogP contribution in [0.3, 0.4) is 0 Å². The van der Waals surface area contributed by atoms with E-state index < -0.39 is 0 Å². The highest BCUT2D eigenvalue weighted by atomic mass is 35.5. The molecule has 0 aliphatic carbocycles. The Hall–Kier alpha value is -0.810. The molecule has 0 aromatic heterocycles. The van der Waals surface area contributed by atoms with Crippen LogP contribution in [0.5, 0.6) is 0 Å². The Balaban J connectivity index is 0.00000144. The van der Waals surface area contributed by atoms with Gasteiger partial charge >= 0.3 is 0 Å². The number of nitrogens with one attached hydrogen (secondary N) is 3. The smallest absolute Gasteiger partial charge is 0.237 e. The Morgan fingerprint density at radius 1 is 1.62 bits per heavy atom. The van der Waals surface area contributed by atoms with Crippen LogP contribution in [0.15, 0.2) is 0 Å². The average Bonchev–Trinajstić information content (AvgIpc) is 2.09. The first-order valence-corrected chi connectivity index (χ1v) is 3.95. The van der Waals surface area contributed by atoms with E-state index in [0.29, 0.717) is 6.54 Å². The Kier molecular flexibility index (Phi) is 5.41. The summed E-state index contributed by atoms with van der Waals surface area (Å²) in [6.45, 7) is 1.37. The second kappa shape index (κ2) is 5.77. The van der Waals surface area contributed by atoms with E-state index in [9.17, 15) is 9.59 Å². The van der Waals surface area contributed by atoms with Crippen LogP contribution in [0.25, 0.3) is 0 Å². The molecule has 1 fully saturated rings. The lowest BCUT2D eigenvalue weighted by molar-refractivity contribution is -0.129. The van der Waals surface area contributed by atoms with Gasteiger partial charge in [-0.3, -0.25) is 9.59 Å². The van der Waals surface area contributed by atoms with E-state index >= 15 is 0 Å². The van der Waals surface area contributed by atoms with Crippen molar-refractivity contribution in [1.82, 2.24) is 16.0 Å². The number of halogens is 1. The van der Waals surface area contributed by atoms with Crippen molar-refractivity contribution in [2.45, 2.75) is 12.5 Å². The molecule has 1 heterocycles. The third-order valence-corrected chi connectivity index (χ3v) is 1.80. The number of carbonyl (C=O) groups is 2. The van der Waals surface area contributed by atoms with Gasteiger partial charge in [-0.15, -0.1) is 12.4 Å². The first-order chi connectivity index (χ1) is 5.74. The highest BCUT2D eigenvalue weighted by molar-refractivity contribution is 5.88. The van der Waals surface area contributed by atoms with Gasteiger partial charge < -0.3 is 16.0 Å². The van der Waals surface area contributed by atoms with Gasteiger partial charge in [-0.2, -0.15) is 0 Å². The Labute approximate surface area is 83.0 Å². The van der Waals surface area contributed by atoms with Gasteiger partial charge in [0.15, 0.2) is 0 Å². The number of amides is 2. The van der Waals surface area contributed by atoms with Gasteiger partial charge in [0.2, 0.25) is 11.8 Å². The van der Waals surface area contributed by atoms with Crippen molar-refractivity contribution >= 4 is 24.2 Å². The molecule has 2 amide bonds. The van der Waals surface area contributed by atoms with Crippen LogP contribution in [0, 0.1) is 0 Å². The fourth-order valence-electron chi connectivity index (χ4n) is 1.10. The molecule has 0 aromatic carbocycles. The second-order valence-electron chi connectivity index (χ2n) is 2.68. The van der Waals surface area contributed by atoms with Crippen molar-refractivity contribution in [3.05, 3.63) is 0 Å². The Bertz CT molecular complexity index is 198. The van der Waals surface area contributed by atoms with E-state index in [0.717, 1.165) is 6.54 Å². The molecule has 5 nitrogen and oxygen atoms in total. The number of hydrogen-bond donors (Lipinski definition) is 3. The summed E-state index contributed by atoms with van der Waals surface area (Å²) in [7, 11) is 1.56. The maximum absolute atomic E-state index is 11.1. The highest BCUT2D eigenvalue weighted by Crippen LogP contribution is 1.95. The monoisotopic (exact) mass is 207 g/mol. The molecule has 1 rings (SSSR count). The number of piperazine rings is 1. The van der Waals surface area contributed by atoms with Crippen LogP contribution < -0.4 is 16.0 Å². The standard InChI is InChI=1S/C7H13N3O2.ClH/c1-8-6(11)4-5-7(12)10-3-2-9-5;/h5,9H,2-4H2,1H3,(H,8,11)(H,10,12);1H. The maximum Gasteiger partial charge on any atom is 0.237 e. The molecule has 0 saturated carbocycles. The van der Waals surface area contributed by atoms with Crippen LogP contribution in [-0.4, -0.2) is 38.0 Å². The summed E-state index contributed by atoms with van der Waals surface area (Å²) in [4.78, 5) is 22.0. The third-order valence-electron chi connectivity index (χ3n) is 1.80. The number of hydrogen-bond acceptors (Lipinski definition) is 3. The molecule has 1 aliphatic rings. The summed E-state index contributed by atoms with van der Waals surface area (Å²) in [5.74, 6) is -0.214. The summed E-state index contributed by atoms with van der Waals surface area (Å²) in [5.41, 5.74) is 0. The highest BCUT2D eigenvalue weighted by Gasteiger charge is 2.23. The topological polar surface area (TPSA) is 70.2 Å². The van der Waals surface area contributed by atoms with Gasteiger partial charge in [0.25, 0.3) is 0 Å². The molecule has 0 bridgehead atoms. The van der Waals surface area contributed by atoms with Crippen molar-refractivity contribution in [2.75, 3.05) is 20.1 Å². The zero-order valence-corrected chi connectivity index (χ0v) is 8.24. The summed E-state index contributed by atoms with van der Waals surface area (Å²) < 4.78 is 0. The van der Waals surface area contributed by atoms with Gasteiger partial charge in [0, 0.05) is 20.1 Å². The molecule has 1 aliphatic heterocycles. The average molecular weight is 208 g/mol. The van der Waals surface area contributed by atoms with Crippen molar-refractivity contribution in [1.29, 1.82) is 0 Å². The predicted molar refractivity (Wildman–Crippen MR) is 50.7 cm³/mol. The lowest BCUT2D eigenvalue weighted by atomic mass is 10.1. The molecule has 1 saturated heterocycles. The largest absolute Gasteiger partial charge is 0.359 e. The quantitative estimate of drug-likeness (QED) is 0.524.